The summed E-state index contributed by atoms with van der Waals surface area (Å²) >= 11 is 0. The Hall–Kier alpha value is -3.09. The SMILES string of the molecule is CC(c1ccccc1)n1cc(NC(=O)N2CCCCC2c2cnn(C)c2)cn1. The quantitative estimate of drug-likeness (QED) is 0.746. The van der Waals surface area contributed by atoms with Gasteiger partial charge in [0.2, 0.25) is 0 Å². The van der Waals surface area contributed by atoms with Crippen molar-refractivity contribution in [2.75, 3.05) is 11.9 Å². The fraction of sp³-hybridized carbons (Fsp3) is 0.381. The average molecular weight is 378 g/mol. The molecule has 0 radical (unpaired) electrons. The number of piperidine rings is 1. The summed E-state index contributed by atoms with van der Waals surface area (Å²) in [5.74, 6) is 0. The fourth-order valence-electron chi connectivity index (χ4n) is 3.83. The Morgan fingerprint density at radius 2 is 1.96 bits per heavy atom. The maximum absolute atomic E-state index is 13.0. The number of aromatic nitrogens is 4. The molecule has 7 heteroatoms. The average Bonchev–Trinajstić information content (AvgIpc) is 3.37. The topological polar surface area (TPSA) is 68.0 Å². The van der Waals surface area contributed by atoms with Crippen LogP contribution in [0.25, 0.3) is 0 Å². The third-order valence-electron chi connectivity index (χ3n) is 5.40. The third kappa shape index (κ3) is 3.78. The zero-order chi connectivity index (χ0) is 19.5. The van der Waals surface area contributed by atoms with Gasteiger partial charge in [0.25, 0.3) is 0 Å². The van der Waals surface area contributed by atoms with Crippen molar-refractivity contribution < 1.29 is 4.79 Å². The Balaban J connectivity index is 1.46. The van der Waals surface area contributed by atoms with Crippen LogP contribution < -0.4 is 5.32 Å². The molecule has 1 aliphatic rings. The van der Waals surface area contributed by atoms with Crippen molar-refractivity contribution in [3.05, 3.63) is 66.2 Å². The highest BCUT2D eigenvalue weighted by Crippen LogP contribution is 2.31. The summed E-state index contributed by atoms with van der Waals surface area (Å²) in [5.41, 5.74) is 2.98. The molecule has 2 amide bonds. The molecule has 0 bridgehead atoms. The first kappa shape index (κ1) is 18.3. The summed E-state index contributed by atoms with van der Waals surface area (Å²) in [6.45, 7) is 2.84. The maximum atomic E-state index is 13.0. The molecule has 146 valence electrons. The number of hydrogen-bond acceptors (Lipinski definition) is 3. The molecule has 0 spiro atoms. The second kappa shape index (κ2) is 7.88. The number of urea groups is 1. The van der Waals surface area contributed by atoms with Crippen LogP contribution in [0.2, 0.25) is 0 Å². The van der Waals surface area contributed by atoms with Crippen molar-refractivity contribution in [1.82, 2.24) is 24.5 Å². The number of amides is 2. The number of benzene rings is 1. The normalized spacial score (nSPS) is 18.1. The minimum atomic E-state index is -0.0829. The van der Waals surface area contributed by atoms with Gasteiger partial charge in [-0.3, -0.25) is 9.36 Å². The lowest BCUT2D eigenvalue weighted by molar-refractivity contribution is 0.163. The van der Waals surface area contributed by atoms with Crippen molar-refractivity contribution in [1.29, 1.82) is 0 Å². The summed E-state index contributed by atoms with van der Waals surface area (Å²) in [6.07, 6.45) is 10.6. The molecule has 3 aromatic rings. The summed E-state index contributed by atoms with van der Waals surface area (Å²) < 4.78 is 3.66. The molecule has 1 saturated heterocycles. The Morgan fingerprint density at radius 3 is 2.71 bits per heavy atom. The van der Waals surface area contributed by atoms with Crippen molar-refractivity contribution in [3.63, 3.8) is 0 Å². The van der Waals surface area contributed by atoms with Gasteiger partial charge in [0.05, 0.1) is 30.2 Å². The van der Waals surface area contributed by atoms with Gasteiger partial charge in [-0.05, 0) is 31.7 Å². The van der Waals surface area contributed by atoms with Gasteiger partial charge in [-0.1, -0.05) is 30.3 Å². The molecule has 0 aliphatic carbocycles. The van der Waals surface area contributed by atoms with Crippen LogP contribution in [-0.4, -0.2) is 37.0 Å². The monoisotopic (exact) mass is 378 g/mol. The zero-order valence-corrected chi connectivity index (χ0v) is 16.3. The van der Waals surface area contributed by atoms with Gasteiger partial charge >= 0.3 is 6.03 Å². The predicted molar refractivity (Wildman–Crippen MR) is 108 cm³/mol. The molecule has 4 rings (SSSR count). The molecule has 3 heterocycles. The minimum Gasteiger partial charge on any atom is -0.317 e. The molecule has 1 aromatic carbocycles. The van der Waals surface area contributed by atoms with Gasteiger partial charge < -0.3 is 10.2 Å². The Kier molecular flexibility index (Phi) is 5.14. The van der Waals surface area contributed by atoms with E-state index in [4.69, 9.17) is 0 Å². The van der Waals surface area contributed by atoms with Crippen LogP contribution in [0, 0.1) is 0 Å². The van der Waals surface area contributed by atoms with Crippen LogP contribution in [0.1, 0.15) is 49.4 Å². The lowest BCUT2D eigenvalue weighted by Gasteiger charge is -2.35. The lowest BCUT2D eigenvalue weighted by atomic mass is 9.98. The van der Waals surface area contributed by atoms with E-state index >= 15 is 0 Å². The van der Waals surface area contributed by atoms with Crippen LogP contribution in [0.5, 0.6) is 0 Å². The number of likely N-dealkylation sites (tertiary alicyclic amines) is 1. The highest BCUT2D eigenvalue weighted by atomic mass is 16.2. The summed E-state index contributed by atoms with van der Waals surface area (Å²) in [4.78, 5) is 14.9. The van der Waals surface area contributed by atoms with Crippen molar-refractivity contribution in [2.45, 2.75) is 38.3 Å². The Labute approximate surface area is 165 Å². The second-order valence-corrected chi connectivity index (χ2v) is 7.38. The van der Waals surface area contributed by atoms with E-state index in [1.807, 2.05) is 53.4 Å². The van der Waals surface area contributed by atoms with Crippen LogP contribution in [0.15, 0.2) is 55.1 Å². The molecule has 28 heavy (non-hydrogen) atoms. The molecule has 1 fully saturated rings. The van der Waals surface area contributed by atoms with Crippen molar-refractivity contribution in [3.8, 4) is 0 Å². The minimum absolute atomic E-state index is 0.0701. The van der Waals surface area contributed by atoms with E-state index in [2.05, 4.69) is 34.6 Å². The van der Waals surface area contributed by atoms with Crippen LogP contribution in [0.3, 0.4) is 0 Å². The molecule has 1 aliphatic heterocycles. The predicted octanol–water partition coefficient (Wildman–Crippen LogP) is 3.99. The number of aryl methyl sites for hydroxylation is 1. The number of hydrogen-bond donors (Lipinski definition) is 1. The molecule has 1 N–H and O–H groups in total. The number of carbonyl (C=O) groups excluding carboxylic acids is 1. The van der Waals surface area contributed by atoms with E-state index < -0.39 is 0 Å². The van der Waals surface area contributed by atoms with E-state index in [0.29, 0.717) is 5.69 Å². The molecule has 0 saturated carbocycles. The number of rotatable bonds is 4. The van der Waals surface area contributed by atoms with Gasteiger partial charge in [-0.2, -0.15) is 10.2 Å². The van der Waals surface area contributed by atoms with E-state index in [1.54, 1.807) is 10.9 Å². The van der Waals surface area contributed by atoms with Gasteiger partial charge in [0.15, 0.2) is 0 Å². The highest BCUT2D eigenvalue weighted by molar-refractivity contribution is 5.89. The number of carbonyl (C=O) groups is 1. The molecular formula is C21H26N6O. The zero-order valence-electron chi connectivity index (χ0n) is 16.3. The standard InChI is InChI=1S/C21H26N6O/c1-16(17-8-4-3-5-9-17)27-15-19(13-23-27)24-21(28)26-11-7-6-10-20(26)18-12-22-25(2)14-18/h3-5,8-9,12-16,20H,6-7,10-11H2,1-2H3,(H,24,28). The van der Waals surface area contributed by atoms with Crippen LogP contribution in [0.4, 0.5) is 10.5 Å². The van der Waals surface area contributed by atoms with E-state index in [1.165, 1.54) is 5.56 Å². The Bertz CT molecular complexity index is 931. The molecule has 2 unspecified atom stereocenters. The second-order valence-electron chi connectivity index (χ2n) is 7.38. The largest absolute Gasteiger partial charge is 0.322 e. The van der Waals surface area contributed by atoms with Gasteiger partial charge in [-0.25, -0.2) is 4.79 Å². The summed E-state index contributed by atoms with van der Waals surface area (Å²) in [7, 11) is 1.90. The fourth-order valence-corrected chi connectivity index (χ4v) is 3.83. The van der Waals surface area contributed by atoms with Crippen molar-refractivity contribution in [2.24, 2.45) is 7.05 Å². The Morgan fingerprint density at radius 1 is 1.14 bits per heavy atom. The summed E-state index contributed by atoms with van der Waals surface area (Å²) in [5, 5.41) is 11.7. The van der Waals surface area contributed by atoms with Crippen LogP contribution in [-0.2, 0) is 7.05 Å². The molecule has 2 atom stereocenters. The van der Waals surface area contributed by atoms with Gasteiger partial charge in [0, 0.05) is 31.5 Å². The van der Waals surface area contributed by atoms with E-state index in [-0.39, 0.29) is 18.1 Å². The molecule has 7 nitrogen and oxygen atoms in total. The first-order chi connectivity index (χ1) is 13.6. The summed E-state index contributed by atoms with van der Waals surface area (Å²) in [6, 6.07) is 10.3. The number of nitrogens with zero attached hydrogens (tertiary/aromatic N) is 5. The van der Waals surface area contributed by atoms with Crippen molar-refractivity contribution >= 4 is 11.7 Å². The smallest absolute Gasteiger partial charge is 0.317 e. The van der Waals surface area contributed by atoms with Crippen LogP contribution >= 0.6 is 0 Å². The van der Waals surface area contributed by atoms with Gasteiger partial charge in [-0.15, -0.1) is 0 Å². The maximum Gasteiger partial charge on any atom is 0.322 e. The van der Waals surface area contributed by atoms with Gasteiger partial charge in [0.1, 0.15) is 0 Å². The lowest BCUT2D eigenvalue weighted by Crippen LogP contribution is -2.41. The van der Waals surface area contributed by atoms with E-state index in [0.717, 1.165) is 31.4 Å². The first-order valence-electron chi connectivity index (χ1n) is 9.77. The highest BCUT2D eigenvalue weighted by Gasteiger charge is 2.29. The molecule has 2 aromatic heterocycles. The van der Waals surface area contributed by atoms with E-state index in [9.17, 15) is 4.79 Å². The molecular weight excluding hydrogens is 352 g/mol. The third-order valence-corrected chi connectivity index (χ3v) is 5.40. The first-order valence-corrected chi connectivity index (χ1v) is 9.77. The number of nitrogens with one attached hydrogen (secondary N) is 1. The number of anilines is 1.